The van der Waals surface area contributed by atoms with E-state index in [-0.39, 0.29) is 6.04 Å². The molecule has 0 amide bonds. The smallest absolute Gasteiger partial charge is 0.0719 e. The van der Waals surface area contributed by atoms with Crippen molar-refractivity contribution < 1.29 is 10.3 Å². The maximum absolute atomic E-state index is 8.08. The molecular formula is C6H15NO2. The van der Waals surface area contributed by atoms with Crippen molar-refractivity contribution in [1.82, 2.24) is 5.48 Å². The van der Waals surface area contributed by atoms with Gasteiger partial charge in [0.1, 0.15) is 0 Å². The Labute approximate surface area is 56.0 Å². The lowest BCUT2D eigenvalue weighted by atomic mass is 10.3. The molecule has 3 N–H and O–H groups in total. The fraction of sp³-hybridized carbons (Fsp3) is 0.667. The van der Waals surface area contributed by atoms with E-state index in [1.165, 1.54) is 0 Å². The first-order valence-corrected chi connectivity index (χ1v) is 2.87. The zero-order valence-electron chi connectivity index (χ0n) is 5.96. The molecule has 0 aliphatic carbocycles. The molecule has 0 saturated carbocycles. The van der Waals surface area contributed by atoms with Crippen LogP contribution in [0.4, 0.5) is 0 Å². The fourth-order valence-corrected chi connectivity index (χ4v) is 0.0913. The number of hydrogen-bond acceptors (Lipinski definition) is 3. The van der Waals surface area contributed by atoms with Crippen LogP contribution in [-0.4, -0.2) is 16.4 Å². The highest BCUT2D eigenvalue weighted by Crippen LogP contribution is 1.82. The Morgan fingerprint density at radius 2 is 2.11 bits per heavy atom. The second kappa shape index (κ2) is 10.4. The van der Waals surface area contributed by atoms with E-state index in [1.54, 1.807) is 0 Å². The zero-order valence-corrected chi connectivity index (χ0v) is 5.96. The highest BCUT2D eigenvalue weighted by Gasteiger charge is 1.88. The molecule has 0 fully saturated rings. The number of aliphatic hydroxyl groups excluding tert-OH is 1. The predicted molar refractivity (Wildman–Crippen MR) is 37.5 cm³/mol. The van der Waals surface area contributed by atoms with Gasteiger partial charge in [-0.05, 0) is 13.3 Å². The van der Waals surface area contributed by atoms with Crippen LogP contribution in [0.5, 0.6) is 0 Å². The van der Waals surface area contributed by atoms with Gasteiger partial charge in [-0.15, -0.1) is 0 Å². The van der Waals surface area contributed by atoms with Crippen LogP contribution < -0.4 is 5.48 Å². The first-order valence-electron chi connectivity index (χ1n) is 2.87. The van der Waals surface area contributed by atoms with Crippen LogP contribution in [0.3, 0.4) is 0 Å². The lowest BCUT2D eigenvalue weighted by Gasteiger charge is -2.00. The third-order valence-electron chi connectivity index (χ3n) is 0.833. The molecule has 1 unspecified atom stereocenters. The average molecular weight is 133 g/mol. The highest BCUT2D eigenvalue weighted by molar-refractivity contribution is 4.45. The molecule has 0 saturated heterocycles. The monoisotopic (exact) mass is 133 g/mol. The summed E-state index contributed by atoms with van der Waals surface area (Å²) in [5, 5.41) is 15.4. The maximum atomic E-state index is 8.08. The van der Waals surface area contributed by atoms with Gasteiger partial charge in [-0.25, -0.2) is 5.48 Å². The Morgan fingerprint density at radius 1 is 1.78 bits per heavy atom. The fourth-order valence-electron chi connectivity index (χ4n) is 0.0913. The second-order valence-corrected chi connectivity index (χ2v) is 1.62. The molecule has 1 atom stereocenters. The van der Waals surface area contributed by atoms with E-state index in [0.29, 0.717) is 0 Å². The average Bonchev–Trinajstić information content (AvgIpc) is 1.88. The molecule has 0 aliphatic rings. The van der Waals surface area contributed by atoms with Gasteiger partial charge in [0.25, 0.3) is 0 Å². The Bertz CT molecular complexity index is 53.0. The SMILES string of the molecule is C=CO.CCC(C)NO. The topological polar surface area (TPSA) is 52.5 Å². The van der Waals surface area contributed by atoms with E-state index in [4.69, 9.17) is 10.3 Å². The number of rotatable bonds is 2. The molecule has 0 spiro atoms. The Hall–Kier alpha value is -0.540. The molecular weight excluding hydrogens is 118 g/mol. The summed E-state index contributed by atoms with van der Waals surface area (Å²) in [5.74, 6) is 0. The van der Waals surface area contributed by atoms with Crippen molar-refractivity contribution in [2.45, 2.75) is 26.3 Å². The van der Waals surface area contributed by atoms with Gasteiger partial charge >= 0.3 is 0 Å². The molecule has 3 heteroatoms. The predicted octanol–water partition coefficient (Wildman–Crippen LogP) is 1.45. The van der Waals surface area contributed by atoms with Crippen molar-refractivity contribution in [2.24, 2.45) is 0 Å². The van der Waals surface area contributed by atoms with E-state index in [9.17, 15) is 0 Å². The third-order valence-corrected chi connectivity index (χ3v) is 0.833. The Morgan fingerprint density at radius 3 is 2.11 bits per heavy atom. The molecule has 0 aliphatic heterocycles. The number of hydrogen-bond donors (Lipinski definition) is 3. The third kappa shape index (κ3) is 18.6. The van der Waals surface area contributed by atoms with Crippen molar-refractivity contribution in [3.8, 4) is 0 Å². The van der Waals surface area contributed by atoms with E-state index in [0.717, 1.165) is 12.7 Å². The van der Waals surface area contributed by atoms with Gasteiger partial charge in [0.2, 0.25) is 0 Å². The molecule has 9 heavy (non-hydrogen) atoms. The molecule has 0 aromatic carbocycles. The van der Waals surface area contributed by atoms with E-state index < -0.39 is 0 Å². The molecule has 0 rings (SSSR count). The molecule has 0 aromatic rings. The summed E-state index contributed by atoms with van der Waals surface area (Å²) in [6, 6.07) is 0.241. The molecule has 0 heterocycles. The maximum Gasteiger partial charge on any atom is 0.0719 e. The Balaban J connectivity index is 0. The van der Waals surface area contributed by atoms with E-state index in [2.05, 4.69) is 12.1 Å². The molecule has 56 valence electrons. The van der Waals surface area contributed by atoms with Gasteiger partial charge in [0.15, 0.2) is 0 Å². The van der Waals surface area contributed by atoms with Crippen LogP contribution in [-0.2, 0) is 0 Å². The molecule has 3 nitrogen and oxygen atoms in total. The first-order chi connectivity index (χ1) is 4.22. The minimum absolute atomic E-state index is 0.241. The second-order valence-electron chi connectivity index (χ2n) is 1.62. The lowest BCUT2D eigenvalue weighted by Crippen LogP contribution is -2.19. The summed E-state index contributed by atoms with van der Waals surface area (Å²) < 4.78 is 0. The van der Waals surface area contributed by atoms with Gasteiger partial charge < -0.3 is 10.3 Å². The van der Waals surface area contributed by atoms with Crippen molar-refractivity contribution >= 4 is 0 Å². The standard InChI is InChI=1S/C4H11NO.C2H4O/c1-3-4(2)5-6;1-2-3/h4-6H,3H2,1-2H3;2-3H,1H2. The summed E-state index contributed by atoms with van der Waals surface area (Å²) in [7, 11) is 0. The van der Waals surface area contributed by atoms with Crippen molar-refractivity contribution in [3.05, 3.63) is 12.8 Å². The number of nitrogens with one attached hydrogen (secondary N) is 1. The molecule has 0 radical (unpaired) electrons. The van der Waals surface area contributed by atoms with Crippen LogP contribution in [0.1, 0.15) is 20.3 Å². The molecule has 0 aromatic heterocycles. The highest BCUT2D eigenvalue weighted by atomic mass is 16.5. The van der Waals surface area contributed by atoms with Gasteiger partial charge in [-0.2, -0.15) is 0 Å². The summed E-state index contributed by atoms with van der Waals surface area (Å²) >= 11 is 0. The quantitative estimate of drug-likeness (QED) is 0.395. The van der Waals surface area contributed by atoms with Crippen molar-refractivity contribution in [1.29, 1.82) is 0 Å². The van der Waals surface area contributed by atoms with Crippen molar-refractivity contribution in [2.75, 3.05) is 0 Å². The minimum atomic E-state index is 0.241. The number of hydroxylamine groups is 1. The Kier molecular flexibility index (Phi) is 13.1. The van der Waals surface area contributed by atoms with Gasteiger partial charge in [-0.3, -0.25) is 0 Å². The van der Waals surface area contributed by atoms with Crippen molar-refractivity contribution in [3.63, 3.8) is 0 Å². The van der Waals surface area contributed by atoms with Crippen LogP contribution in [0.15, 0.2) is 12.8 Å². The van der Waals surface area contributed by atoms with Crippen LogP contribution in [0.25, 0.3) is 0 Å². The number of aliphatic hydroxyl groups is 1. The normalized spacial score (nSPS) is 11.0. The van der Waals surface area contributed by atoms with Crippen LogP contribution >= 0.6 is 0 Å². The zero-order chi connectivity index (χ0) is 7.70. The van der Waals surface area contributed by atoms with E-state index >= 15 is 0 Å². The summed E-state index contributed by atoms with van der Waals surface area (Å²) in [6.07, 6.45) is 1.72. The first kappa shape index (κ1) is 11.3. The lowest BCUT2D eigenvalue weighted by molar-refractivity contribution is 0.131. The van der Waals surface area contributed by atoms with Crippen LogP contribution in [0, 0.1) is 0 Å². The van der Waals surface area contributed by atoms with Gasteiger partial charge in [0.05, 0.1) is 6.26 Å². The van der Waals surface area contributed by atoms with Gasteiger partial charge in [-0.1, -0.05) is 13.5 Å². The summed E-state index contributed by atoms with van der Waals surface area (Å²) in [4.78, 5) is 0. The molecule has 0 bridgehead atoms. The van der Waals surface area contributed by atoms with Gasteiger partial charge in [0, 0.05) is 6.04 Å². The van der Waals surface area contributed by atoms with E-state index in [1.807, 2.05) is 13.8 Å². The summed E-state index contributed by atoms with van der Waals surface area (Å²) in [6.45, 7) is 6.84. The van der Waals surface area contributed by atoms with Crippen LogP contribution in [0.2, 0.25) is 0 Å². The largest absolute Gasteiger partial charge is 0.516 e. The minimum Gasteiger partial charge on any atom is -0.516 e. The summed E-state index contributed by atoms with van der Waals surface area (Å²) in [5.41, 5.74) is 2.11.